The summed E-state index contributed by atoms with van der Waals surface area (Å²) >= 11 is 5.91. The molecule has 0 aliphatic heterocycles. The highest BCUT2D eigenvalue weighted by Gasteiger charge is 2.13. The second-order valence-corrected chi connectivity index (χ2v) is 5.71. The van der Waals surface area contributed by atoms with Gasteiger partial charge in [-0.3, -0.25) is 19.7 Å². The first kappa shape index (κ1) is 20.0. The van der Waals surface area contributed by atoms with E-state index in [1.54, 1.807) is 12.1 Å². The van der Waals surface area contributed by atoms with Crippen molar-refractivity contribution in [3.05, 3.63) is 51.5 Å². The first-order valence-electron chi connectivity index (χ1n) is 7.62. The van der Waals surface area contributed by atoms with Crippen LogP contribution in [0.3, 0.4) is 0 Å². The first-order chi connectivity index (χ1) is 12.8. The van der Waals surface area contributed by atoms with E-state index in [0.717, 1.165) is 6.07 Å². The number of hydrogen-bond acceptors (Lipinski definition) is 6. The van der Waals surface area contributed by atoms with Crippen LogP contribution in [0.2, 0.25) is 5.02 Å². The molecule has 0 saturated carbocycles. The van der Waals surface area contributed by atoms with Gasteiger partial charge < -0.3 is 20.1 Å². The van der Waals surface area contributed by atoms with Crippen molar-refractivity contribution in [2.45, 2.75) is 6.92 Å². The summed E-state index contributed by atoms with van der Waals surface area (Å²) in [5.41, 5.74) is 0.640. The van der Waals surface area contributed by atoms with Gasteiger partial charge in [-0.2, -0.15) is 0 Å². The molecule has 2 aromatic rings. The number of nitrogens with zero attached hydrogens (tertiary/aromatic N) is 1. The van der Waals surface area contributed by atoms with Crippen LogP contribution in [-0.4, -0.2) is 30.5 Å². The van der Waals surface area contributed by atoms with Gasteiger partial charge in [0.15, 0.2) is 6.61 Å². The topological polar surface area (TPSA) is 120 Å². The molecule has 0 fully saturated rings. The molecule has 0 aromatic heterocycles. The van der Waals surface area contributed by atoms with Gasteiger partial charge in [-0.25, -0.2) is 0 Å². The van der Waals surface area contributed by atoms with Crippen LogP contribution >= 0.6 is 11.6 Å². The standard InChI is InChI=1S/C17H16ClN3O6/c1-10(22)19-11-3-5-16(26-2)14(7-11)20-17(23)9-27-15-6-4-12(21(24)25)8-13(15)18/h3-8H,9H2,1-2H3,(H,19,22)(H,20,23). The zero-order valence-corrected chi connectivity index (χ0v) is 15.2. The van der Waals surface area contributed by atoms with Crippen molar-refractivity contribution in [1.29, 1.82) is 0 Å². The predicted octanol–water partition coefficient (Wildman–Crippen LogP) is 3.23. The highest BCUT2D eigenvalue weighted by molar-refractivity contribution is 6.32. The molecule has 27 heavy (non-hydrogen) atoms. The number of nitrogens with one attached hydrogen (secondary N) is 2. The van der Waals surface area contributed by atoms with Crippen LogP contribution in [0, 0.1) is 10.1 Å². The van der Waals surface area contributed by atoms with Gasteiger partial charge in [0.1, 0.15) is 11.5 Å². The molecule has 0 bridgehead atoms. The SMILES string of the molecule is COc1ccc(NC(C)=O)cc1NC(=O)COc1ccc([N+](=O)[O-])cc1Cl. The Labute approximate surface area is 159 Å². The summed E-state index contributed by atoms with van der Waals surface area (Å²) < 4.78 is 10.5. The zero-order chi connectivity index (χ0) is 20.0. The van der Waals surface area contributed by atoms with Gasteiger partial charge in [0.2, 0.25) is 5.91 Å². The monoisotopic (exact) mass is 393 g/mol. The Morgan fingerprint density at radius 1 is 1.15 bits per heavy atom. The molecular formula is C17H16ClN3O6. The Bertz CT molecular complexity index is 887. The van der Waals surface area contributed by atoms with Gasteiger partial charge in [-0.15, -0.1) is 0 Å². The highest BCUT2D eigenvalue weighted by atomic mass is 35.5. The van der Waals surface area contributed by atoms with Crippen LogP contribution in [0.5, 0.6) is 11.5 Å². The van der Waals surface area contributed by atoms with Crippen LogP contribution in [0.4, 0.5) is 17.1 Å². The Kier molecular flexibility index (Phi) is 6.56. The van der Waals surface area contributed by atoms with Gasteiger partial charge >= 0.3 is 0 Å². The normalized spacial score (nSPS) is 10.0. The van der Waals surface area contributed by atoms with Crippen LogP contribution in [0.15, 0.2) is 36.4 Å². The number of benzene rings is 2. The fraction of sp³-hybridized carbons (Fsp3) is 0.176. The predicted molar refractivity (Wildman–Crippen MR) is 99.5 cm³/mol. The summed E-state index contributed by atoms with van der Waals surface area (Å²) in [5, 5.41) is 15.9. The Hall–Kier alpha value is -3.33. The summed E-state index contributed by atoms with van der Waals surface area (Å²) in [7, 11) is 1.44. The molecule has 0 heterocycles. The summed E-state index contributed by atoms with van der Waals surface area (Å²) in [6.07, 6.45) is 0. The molecule has 2 N–H and O–H groups in total. The van der Waals surface area contributed by atoms with Gasteiger partial charge in [-0.05, 0) is 24.3 Å². The van der Waals surface area contributed by atoms with E-state index < -0.39 is 10.8 Å². The van der Waals surface area contributed by atoms with E-state index >= 15 is 0 Å². The minimum absolute atomic E-state index is 0.0160. The Morgan fingerprint density at radius 2 is 1.85 bits per heavy atom. The van der Waals surface area contributed by atoms with E-state index in [9.17, 15) is 19.7 Å². The maximum absolute atomic E-state index is 12.1. The number of halogens is 1. The summed E-state index contributed by atoms with van der Waals surface area (Å²) in [6.45, 7) is 0.981. The zero-order valence-electron chi connectivity index (χ0n) is 14.4. The molecule has 9 nitrogen and oxygen atoms in total. The van der Waals surface area contributed by atoms with E-state index in [4.69, 9.17) is 21.1 Å². The lowest BCUT2D eigenvalue weighted by Crippen LogP contribution is -2.20. The molecule has 0 spiro atoms. The first-order valence-corrected chi connectivity index (χ1v) is 8.00. The third-order valence-electron chi connectivity index (χ3n) is 3.28. The van der Waals surface area contributed by atoms with Gasteiger partial charge in [0.25, 0.3) is 11.6 Å². The van der Waals surface area contributed by atoms with Crippen molar-refractivity contribution >= 4 is 40.5 Å². The molecule has 142 valence electrons. The van der Waals surface area contributed by atoms with E-state index in [2.05, 4.69) is 10.6 Å². The quantitative estimate of drug-likeness (QED) is 0.550. The number of ether oxygens (including phenoxy) is 2. The number of methoxy groups -OCH3 is 1. The fourth-order valence-corrected chi connectivity index (χ4v) is 2.37. The molecule has 0 atom stereocenters. The number of rotatable bonds is 7. The Morgan fingerprint density at radius 3 is 2.44 bits per heavy atom. The lowest BCUT2D eigenvalue weighted by molar-refractivity contribution is -0.384. The second kappa shape index (κ2) is 8.86. The van der Waals surface area contributed by atoms with Gasteiger partial charge in [-0.1, -0.05) is 11.6 Å². The molecule has 0 aliphatic carbocycles. The molecule has 10 heteroatoms. The third kappa shape index (κ3) is 5.58. The van der Waals surface area contributed by atoms with E-state index in [0.29, 0.717) is 17.1 Å². The maximum atomic E-state index is 12.1. The molecule has 0 aliphatic rings. The molecule has 0 unspecified atom stereocenters. The second-order valence-electron chi connectivity index (χ2n) is 5.30. The van der Waals surface area contributed by atoms with Gasteiger partial charge in [0.05, 0.1) is 22.7 Å². The van der Waals surface area contributed by atoms with Crippen LogP contribution in [0.25, 0.3) is 0 Å². The summed E-state index contributed by atoms with van der Waals surface area (Å²) in [4.78, 5) is 33.4. The number of nitro benzene ring substituents is 1. The van der Waals surface area contributed by atoms with Crippen LogP contribution in [-0.2, 0) is 9.59 Å². The van der Waals surface area contributed by atoms with Crippen molar-refractivity contribution in [1.82, 2.24) is 0 Å². The molecule has 2 rings (SSSR count). The Balaban J connectivity index is 2.05. The number of nitro groups is 1. The molecule has 0 radical (unpaired) electrons. The van der Waals surface area contributed by atoms with Crippen LogP contribution < -0.4 is 20.1 Å². The van der Waals surface area contributed by atoms with E-state index in [-0.39, 0.29) is 29.0 Å². The van der Waals surface area contributed by atoms with Crippen molar-refractivity contribution in [3.8, 4) is 11.5 Å². The number of non-ortho nitro benzene ring substituents is 1. The molecular weight excluding hydrogens is 378 g/mol. The number of carbonyl (C=O) groups excluding carboxylic acids is 2. The number of anilines is 2. The van der Waals surface area contributed by atoms with Crippen molar-refractivity contribution in [2.75, 3.05) is 24.4 Å². The minimum Gasteiger partial charge on any atom is -0.495 e. The summed E-state index contributed by atoms with van der Waals surface area (Å²) in [6, 6.07) is 8.43. The van der Waals surface area contributed by atoms with Crippen molar-refractivity contribution in [2.24, 2.45) is 0 Å². The molecule has 2 amide bonds. The fourth-order valence-electron chi connectivity index (χ4n) is 2.14. The lowest BCUT2D eigenvalue weighted by atomic mass is 10.2. The van der Waals surface area contributed by atoms with Crippen molar-refractivity contribution < 1.29 is 24.0 Å². The highest BCUT2D eigenvalue weighted by Crippen LogP contribution is 2.30. The average molecular weight is 394 g/mol. The molecule has 0 saturated heterocycles. The van der Waals surface area contributed by atoms with Gasteiger partial charge in [0, 0.05) is 24.7 Å². The smallest absolute Gasteiger partial charge is 0.271 e. The number of amides is 2. The minimum atomic E-state index is -0.587. The van der Waals surface area contributed by atoms with Crippen molar-refractivity contribution in [3.63, 3.8) is 0 Å². The number of carbonyl (C=O) groups is 2. The lowest BCUT2D eigenvalue weighted by Gasteiger charge is -2.13. The van der Waals surface area contributed by atoms with Crippen LogP contribution in [0.1, 0.15) is 6.92 Å². The maximum Gasteiger partial charge on any atom is 0.271 e. The van der Waals surface area contributed by atoms with E-state index in [1.165, 1.54) is 32.2 Å². The summed E-state index contributed by atoms with van der Waals surface area (Å²) in [5.74, 6) is -0.238. The third-order valence-corrected chi connectivity index (χ3v) is 3.57. The average Bonchev–Trinajstić information content (AvgIpc) is 2.60. The van der Waals surface area contributed by atoms with E-state index in [1.807, 2.05) is 0 Å². The number of hydrogen-bond donors (Lipinski definition) is 2. The largest absolute Gasteiger partial charge is 0.495 e. The molecule has 2 aromatic carbocycles.